The van der Waals surface area contributed by atoms with E-state index in [0.29, 0.717) is 0 Å². The highest BCUT2D eigenvalue weighted by molar-refractivity contribution is 5.62. The van der Waals surface area contributed by atoms with Crippen LogP contribution in [0.2, 0.25) is 0 Å². The first kappa shape index (κ1) is 9.85. The van der Waals surface area contributed by atoms with Crippen molar-refractivity contribution in [2.24, 2.45) is 0 Å². The van der Waals surface area contributed by atoms with Gasteiger partial charge in [0.25, 0.3) is 0 Å². The second-order valence-electron chi connectivity index (χ2n) is 3.05. The molecule has 70 valence electrons. The Morgan fingerprint density at radius 3 is 2.62 bits per heavy atom. The van der Waals surface area contributed by atoms with Gasteiger partial charge in [-0.3, -0.25) is 0 Å². The van der Waals surface area contributed by atoms with E-state index in [1.54, 1.807) is 7.11 Å². The molecule has 0 aromatic heterocycles. The largest absolute Gasteiger partial charge is 0.496 e. The van der Waals surface area contributed by atoms with Crippen molar-refractivity contribution in [3.05, 3.63) is 35.4 Å². The molecule has 1 aromatic carbocycles. The molecule has 0 fully saturated rings. The van der Waals surface area contributed by atoms with Crippen molar-refractivity contribution in [1.82, 2.24) is 0 Å². The summed E-state index contributed by atoms with van der Waals surface area (Å²) in [5.74, 6) is 0.970. The fourth-order valence-corrected chi connectivity index (χ4v) is 1.52. The monoisotopic (exact) mass is 176 g/mol. The molecular weight excluding hydrogens is 160 g/mol. The third-order valence-electron chi connectivity index (χ3n) is 2.28. The Hall–Kier alpha value is -1.24. The van der Waals surface area contributed by atoms with Crippen LogP contribution >= 0.6 is 0 Å². The smallest absolute Gasteiger partial charge is 0.129 e. The van der Waals surface area contributed by atoms with Crippen LogP contribution in [0.15, 0.2) is 18.7 Å². The molecule has 1 aromatic rings. The van der Waals surface area contributed by atoms with E-state index in [4.69, 9.17) is 4.74 Å². The zero-order valence-electron chi connectivity index (χ0n) is 8.55. The van der Waals surface area contributed by atoms with Crippen LogP contribution in [0.4, 0.5) is 0 Å². The van der Waals surface area contributed by atoms with Gasteiger partial charge in [-0.25, -0.2) is 0 Å². The van der Waals surface area contributed by atoms with E-state index in [1.807, 2.05) is 6.08 Å². The quantitative estimate of drug-likeness (QED) is 0.687. The number of rotatable bonds is 3. The molecule has 0 amide bonds. The number of hydrogen-bond acceptors (Lipinski definition) is 1. The third-order valence-corrected chi connectivity index (χ3v) is 2.28. The topological polar surface area (TPSA) is 9.23 Å². The predicted octanol–water partition coefficient (Wildman–Crippen LogP) is 3.21. The van der Waals surface area contributed by atoms with E-state index < -0.39 is 0 Å². The lowest BCUT2D eigenvalue weighted by Gasteiger charge is -2.12. The van der Waals surface area contributed by atoms with Crippen molar-refractivity contribution in [3.8, 4) is 5.75 Å². The summed E-state index contributed by atoms with van der Waals surface area (Å²) >= 11 is 0. The molecule has 0 spiro atoms. The van der Waals surface area contributed by atoms with Gasteiger partial charge in [-0.1, -0.05) is 31.7 Å². The van der Waals surface area contributed by atoms with Crippen molar-refractivity contribution in [3.63, 3.8) is 0 Å². The minimum absolute atomic E-state index is 0.970. The normalized spacial score (nSPS) is 9.77. The Kier molecular flexibility index (Phi) is 3.13. The average molecular weight is 176 g/mol. The van der Waals surface area contributed by atoms with E-state index in [-0.39, 0.29) is 0 Å². The summed E-state index contributed by atoms with van der Waals surface area (Å²) < 4.78 is 5.37. The number of hydrogen-bond donors (Lipinski definition) is 0. The zero-order valence-corrected chi connectivity index (χ0v) is 8.55. The summed E-state index contributed by atoms with van der Waals surface area (Å²) in [6, 6.07) is 4.22. The van der Waals surface area contributed by atoms with Crippen molar-refractivity contribution in [1.29, 1.82) is 0 Å². The molecule has 0 aliphatic carbocycles. The van der Waals surface area contributed by atoms with E-state index in [1.165, 1.54) is 11.1 Å². The second-order valence-corrected chi connectivity index (χ2v) is 3.05. The van der Waals surface area contributed by atoms with Gasteiger partial charge < -0.3 is 4.74 Å². The lowest BCUT2D eigenvalue weighted by molar-refractivity contribution is 0.409. The summed E-state index contributed by atoms with van der Waals surface area (Å²) in [4.78, 5) is 0. The average Bonchev–Trinajstić information content (AvgIpc) is 2.17. The zero-order chi connectivity index (χ0) is 9.84. The Bertz CT molecular complexity index is 313. The molecule has 0 heterocycles. The molecule has 0 aliphatic heterocycles. The van der Waals surface area contributed by atoms with E-state index in [9.17, 15) is 0 Å². The molecule has 0 saturated heterocycles. The van der Waals surface area contributed by atoms with E-state index in [2.05, 4.69) is 32.6 Å². The first-order chi connectivity index (χ1) is 6.24. The van der Waals surface area contributed by atoms with Gasteiger partial charge in [-0.05, 0) is 24.5 Å². The molecule has 0 radical (unpaired) electrons. The Labute approximate surface area is 80.0 Å². The van der Waals surface area contributed by atoms with Crippen LogP contribution in [0.1, 0.15) is 23.6 Å². The van der Waals surface area contributed by atoms with Crippen molar-refractivity contribution in [2.45, 2.75) is 20.3 Å². The molecule has 0 atom stereocenters. The molecular formula is C12H16O. The molecule has 13 heavy (non-hydrogen) atoms. The number of aryl methyl sites for hydroxylation is 2. The second kappa shape index (κ2) is 4.13. The van der Waals surface area contributed by atoms with Gasteiger partial charge in [0.1, 0.15) is 5.75 Å². The summed E-state index contributed by atoms with van der Waals surface area (Å²) in [6.07, 6.45) is 2.84. The van der Waals surface area contributed by atoms with Gasteiger partial charge in [-0.2, -0.15) is 0 Å². The van der Waals surface area contributed by atoms with Gasteiger partial charge in [0, 0.05) is 5.56 Å². The molecule has 0 saturated carbocycles. The fourth-order valence-electron chi connectivity index (χ4n) is 1.52. The van der Waals surface area contributed by atoms with Gasteiger partial charge >= 0.3 is 0 Å². The number of benzene rings is 1. The Morgan fingerprint density at radius 1 is 1.46 bits per heavy atom. The maximum Gasteiger partial charge on any atom is 0.129 e. The highest BCUT2D eigenvalue weighted by atomic mass is 16.5. The number of methoxy groups -OCH3 is 1. The lowest BCUT2D eigenvalue weighted by atomic mass is 10.0. The molecule has 0 bridgehead atoms. The summed E-state index contributed by atoms with van der Waals surface area (Å²) in [5.41, 5.74) is 3.56. The molecule has 1 heteroatoms. The molecule has 1 rings (SSSR count). The summed E-state index contributed by atoms with van der Waals surface area (Å²) in [7, 11) is 1.71. The molecule has 0 unspecified atom stereocenters. The minimum Gasteiger partial charge on any atom is -0.496 e. The fraction of sp³-hybridized carbons (Fsp3) is 0.333. The maximum absolute atomic E-state index is 5.37. The Morgan fingerprint density at radius 2 is 2.15 bits per heavy atom. The predicted molar refractivity (Wildman–Crippen MR) is 57.2 cm³/mol. The van der Waals surface area contributed by atoms with E-state index >= 15 is 0 Å². The minimum atomic E-state index is 0.970. The first-order valence-corrected chi connectivity index (χ1v) is 4.53. The van der Waals surface area contributed by atoms with Crippen molar-refractivity contribution < 1.29 is 4.74 Å². The van der Waals surface area contributed by atoms with Crippen LogP contribution in [0.25, 0.3) is 6.08 Å². The van der Waals surface area contributed by atoms with Crippen LogP contribution in [0, 0.1) is 6.92 Å². The van der Waals surface area contributed by atoms with Crippen molar-refractivity contribution in [2.75, 3.05) is 7.11 Å². The molecule has 0 aliphatic rings. The number of ether oxygens (including phenoxy) is 1. The van der Waals surface area contributed by atoms with Crippen LogP contribution in [-0.2, 0) is 6.42 Å². The van der Waals surface area contributed by atoms with Crippen LogP contribution in [-0.4, -0.2) is 7.11 Å². The van der Waals surface area contributed by atoms with Gasteiger partial charge in [0.2, 0.25) is 0 Å². The standard InChI is InChI=1S/C12H16O/c1-5-10-8-7-9(3)11(6-2)12(10)13-4/h6-8H,2,5H2,1,3-4H3. The van der Waals surface area contributed by atoms with Gasteiger partial charge in [-0.15, -0.1) is 0 Å². The maximum atomic E-state index is 5.37. The van der Waals surface area contributed by atoms with Gasteiger partial charge in [0.15, 0.2) is 0 Å². The van der Waals surface area contributed by atoms with Crippen molar-refractivity contribution >= 4 is 6.08 Å². The highest BCUT2D eigenvalue weighted by Gasteiger charge is 2.07. The van der Waals surface area contributed by atoms with Gasteiger partial charge in [0.05, 0.1) is 7.11 Å². The Balaban J connectivity index is 3.36. The SMILES string of the molecule is C=Cc1c(C)ccc(CC)c1OC. The molecule has 0 N–H and O–H groups in total. The van der Waals surface area contributed by atoms with Crippen LogP contribution < -0.4 is 4.74 Å². The highest BCUT2D eigenvalue weighted by Crippen LogP contribution is 2.28. The van der Waals surface area contributed by atoms with Crippen LogP contribution in [0.3, 0.4) is 0 Å². The summed E-state index contributed by atoms with van der Waals surface area (Å²) in [6.45, 7) is 7.99. The van der Waals surface area contributed by atoms with Crippen LogP contribution in [0.5, 0.6) is 5.75 Å². The first-order valence-electron chi connectivity index (χ1n) is 4.53. The lowest BCUT2D eigenvalue weighted by Crippen LogP contribution is -1.95. The summed E-state index contributed by atoms with van der Waals surface area (Å²) in [5, 5.41) is 0. The third kappa shape index (κ3) is 1.74. The van der Waals surface area contributed by atoms with E-state index in [0.717, 1.165) is 17.7 Å². The molecule has 1 nitrogen and oxygen atoms in total.